The lowest BCUT2D eigenvalue weighted by Crippen LogP contribution is -2.12. The highest BCUT2D eigenvalue weighted by atomic mass is 32.1. The average Bonchev–Trinajstić information content (AvgIpc) is 2.90. The number of nitrogens with zero attached hydrogens (tertiary/aromatic N) is 1. The number of ether oxygens (including phenoxy) is 1. The summed E-state index contributed by atoms with van der Waals surface area (Å²) in [4.78, 5) is 4.57. The number of aliphatic hydroxyl groups is 1. The Hall–Kier alpha value is -1.17. The van der Waals surface area contributed by atoms with Gasteiger partial charge in [0.15, 0.2) is 0 Å². The highest BCUT2D eigenvalue weighted by Gasteiger charge is 2.12. The number of aromatic nitrogens is 1. The molecule has 1 unspecified atom stereocenters. The topological polar surface area (TPSA) is 42.4 Å². The average molecular weight is 279 g/mol. The van der Waals surface area contributed by atoms with Crippen LogP contribution in [0.2, 0.25) is 0 Å². The molecule has 2 aromatic heterocycles. The van der Waals surface area contributed by atoms with Crippen LogP contribution in [0.3, 0.4) is 0 Å². The molecule has 0 spiro atoms. The quantitative estimate of drug-likeness (QED) is 0.797. The molecule has 0 saturated heterocycles. The summed E-state index contributed by atoms with van der Waals surface area (Å²) in [6.07, 6.45) is -0.461. The molecule has 2 heterocycles. The van der Waals surface area contributed by atoms with Crippen LogP contribution < -0.4 is 4.74 Å². The van der Waals surface area contributed by atoms with Gasteiger partial charge in [-0.15, -0.1) is 22.7 Å². The van der Waals surface area contributed by atoms with Crippen LogP contribution in [0.25, 0.3) is 20.3 Å². The number of thiophene rings is 1. The van der Waals surface area contributed by atoms with Gasteiger partial charge in [-0.3, -0.25) is 0 Å². The molecule has 1 N–H and O–H groups in total. The molecule has 3 nitrogen and oxygen atoms in total. The van der Waals surface area contributed by atoms with E-state index in [1.807, 2.05) is 24.4 Å². The summed E-state index contributed by atoms with van der Waals surface area (Å²) in [6, 6.07) is 4.07. The first kappa shape index (κ1) is 11.9. The van der Waals surface area contributed by atoms with Crippen molar-refractivity contribution in [2.45, 2.75) is 20.0 Å². The fraction of sp³-hybridized carbons (Fsp3) is 0.308. The number of aryl methyl sites for hydroxylation is 1. The normalized spacial score (nSPS) is 13.3. The molecule has 0 aliphatic heterocycles. The lowest BCUT2D eigenvalue weighted by Gasteiger charge is -2.09. The molecule has 3 rings (SSSR count). The van der Waals surface area contributed by atoms with Crippen LogP contribution in [-0.4, -0.2) is 22.8 Å². The van der Waals surface area contributed by atoms with E-state index in [4.69, 9.17) is 4.74 Å². The Morgan fingerprint density at radius 2 is 2.33 bits per heavy atom. The standard InChI is InChI=1S/C13H13NO2S2/c1-7(15)6-16-10-5-11-12(14-8(2)18-11)13-9(10)3-4-17-13/h3-5,7,15H,6H2,1-2H3. The van der Waals surface area contributed by atoms with Crippen LogP contribution in [0.1, 0.15) is 11.9 Å². The molecule has 1 atom stereocenters. The van der Waals surface area contributed by atoms with Gasteiger partial charge in [0.2, 0.25) is 0 Å². The molecule has 18 heavy (non-hydrogen) atoms. The molecule has 0 bridgehead atoms. The smallest absolute Gasteiger partial charge is 0.129 e. The van der Waals surface area contributed by atoms with Gasteiger partial charge < -0.3 is 9.84 Å². The van der Waals surface area contributed by atoms with Crippen LogP contribution in [0.4, 0.5) is 0 Å². The Balaban J connectivity index is 2.18. The molecule has 94 valence electrons. The Morgan fingerprint density at radius 3 is 3.11 bits per heavy atom. The van der Waals surface area contributed by atoms with Crippen molar-refractivity contribution in [1.29, 1.82) is 0 Å². The number of hydrogen-bond donors (Lipinski definition) is 1. The zero-order valence-electron chi connectivity index (χ0n) is 10.1. The van der Waals surface area contributed by atoms with Crippen molar-refractivity contribution in [1.82, 2.24) is 4.98 Å². The molecule has 3 aromatic rings. The van der Waals surface area contributed by atoms with Crippen molar-refractivity contribution >= 4 is 43.0 Å². The molecule has 1 aromatic carbocycles. The van der Waals surface area contributed by atoms with Gasteiger partial charge in [0.25, 0.3) is 0 Å². The van der Waals surface area contributed by atoms with Gasteiger partial charge in [-0.25, -0.2) is 4.98 Å². The van der Waals surface area contributed by atoms with Gasteiger partial charge in [-0.1, -0.05) is 0 Å². The maximum atomic E-state index is 9.32. The molecule has 0 amide bonds. The minimum atomic E-state index is -0.461. The minimum Gasteiger partial charge on any atom is -0.490 e. The van der Waals surface area contributed by atoms with Gasteiger partial charge >= 0.3 is 0 Å². The molecule has 0 radical (unpaired) electrons. The van der Waals surface area contributed by atoms with E-state index in [-0.39, 0.29) is 0 Å². The van der Waals surface area contributed by atoms with E-state index >= 15 is 0 Å². The molecule has 0 fully saturated rings. The number of thiazole rings is 1. The third kappa shape index (κ3) is 1.98. The van der Waals surface area contributed by atoms with E-state index in [0.29, 0.717) is 6.61 Å². The maximum Gasteiger partial charge on any atom is 0.129 e. The van der Waals surface area contributed by atoms with Crippen molar-refractivity contribution in [2.75, 3.05) is 6.61 Å². The van der Waals surface area contributed by atoms with Crippen LogP contribution in [-0.2, 0) is 0 Å². The fourth-order valence-electron chi connectivity index (χ4n) is 1.92. The van der Waals surface area contributed by atoms with E-state index in [9.17, 15) is 5.11 Å². The summed E-state index contributed by atoms with van der Waals surface area (Å²) in [6.45, 7) is 4.05. The second-order valence-electron chi connectivity index (χ2n) is 4.28. The molecule has 0 saturated carbocycles. The van der Waals surface area contributed by atoms with Crippen molar-refractivity contribution in [3.8, 4) is 5.75 Å². The lowest BCUT2D eigenvalue weighted by molar-refractivity contribution is 0.124. The molecule has 5 heteroatoms. The van der Waals surface area contributed by atoms with Crippen molar-refractivity contribution in [3.63, 3.8) is 0 Å². The third-order valence-corrected chi connectivity index (χ3v) is 4.49. The Morgan fingerprint density at radius 1 is 1.50 bits per heavy atom. The number of aliphatic hydroxyl groups excluding tert-OH is 1. The molecule has 0 aliphatic carbocycles. The summed E-state index contributed by atoms with van der Waals surface area (Å²) in [5.74, 6) is 0.836. The highest BCUT2D eigenvalue weighted by molar-refractivity contribution is 7.21. The SMILES string of the molecule is Cc1nc2c(cc(OCC(C)O)c3ccsc32)s1. The monoisotopic (exact) mass is 279 g/mol. The van der Waals surface area contributed by atoms with E-state index in [0.717, 1.165) is 31.1 Å². The Kier molecular flexibility index (Phi) is 2.97. The number of hydrogen-bond acceptors (Lipinski definition) is 5. The zero-order chi connectivity index (χ0) is 12.7. The minimum absolute atomic E-state index is 0.314. The summed E-state index contributed by atoms with van der Waals surface area (Å²) >= 11 is 3.35. The van der Waals surface area contributed by atoms with E-state index in [2.05, 4.69) is 4.98 Å². The second-order valence-corrected chi connectivity index (χ2v) is 6.43. The number of fused-ring (bicyclic) bond motifs is 3. The third-order valence-electron chi connectivity index (χ3n) is 2.65. The summed E-state index contributed by atoms with van der Waals surface area (Å²) in [5, 5.41) is 13.5. The largest absolute Gasteiger partial charge is 0.490 e. The summed E-state index contributed by atoms with van der Waals surface area (Å²) < 4.78 is 8.00. The van der Waals surface area contributed by atoms with E-state index in [1.165, 1.54) is 0 Å². The fourth-order valence-corrected chi connectivity index (χ4v) is 3.75. The highest BCUT2D eigenvalue weighted by Crippen LogP contribution is 2.38. The number of rotatable bonds is 3. The summed E-state index contributed by atoms with van der Waals surface area (Å²) in [7, 11) is 0. The van der Waals surface area contributed by atoms with E-state index in [1.54, 1.807) is 29.6 Å². The van der Waals surface area contributed by atoms with Gasteiger partial charge in [0.1, 0.15) is 12.4 Å². The van der Waals surface area contributed by atoms with E-state index < -0.39 is 6.10 Å². The van der Waals surface area contributed by atoms with Crippen LogP contribution in [0.5, 0.6) is 5.75 Å². The van der Waals surface area contributed by atoms with Crippen molar-refractivity contribution < 1.29 is 9.84 Å². The molecule has 0 aliphatic rings. The van der Waals surface area contributed by atoms with Gasteiger partial charge in [0.05, 0.1) is 26.0 Å². The Labute approximate surface area is 113 Å². The predicted molar refractivity (Wildman–Crippen MR) is 76.9 cm³/mol. The second kappa shape index (κ2) is 4.50. The van der Waals surface area contributed by atoms with Crippen molar-refractivity contribution in [2.24, 2.45) is 0 Å². The maximum absolute atomic E-state index is 9.32. The van der Waals surface area contributed by atoms with Crippen LogP contribution in [0.15, 0.2) is 17.5 Å². The van der Waals surface area contributed by atoms with Crippen LogP contribution >= 0.6 is 22.7 Å². The first-order valence-corrected chi connectivity index (χ1v) is 7.43. The first-order chi connectivity index (χ1) is 8.65. The summed E-state index contributed by atoms with van der Waals surface area (Å²) in [5.41, 5.74) is 1.06. The van der Waals surface area contributed by atoms with Gasteiger partial charge in [-0.2, -0.15) is 0 Å². The van der Waals surface area contributed by atoms with Gasteiger partial charge in [0, 0.05) is 11.5 Å². The van der Waals surface area contributed by atoms with Crippen molar-refractivity contribution in [3.05, 3.63) is 22.5 Å². The Bertz CT molecular complexity index is 699. The number of benzene rings is 1. The van der Waals surface area contributed by atoms with Crippen LogP contribution in [0, 0.1) is 6.92 Å². The first-order valence-electron chi connectivity index (χ1n) is 5.73. The predicted octanol–water partition coefficient (Wildman–Crippen LogP) is 3.58. The lowest BCUT2D eigenvalue weighted by atomic mass is 10.2. The molecular formula is C13H13NO2S2. The zero-order valence-corrected chi connectivity index (χ0v) is 11.8. The van der Waals surface area contributed by atoms with Gasteiger partial charge in [-0.05, 0) is 25.3 Å². The molecular weight excluding hydrogens is 266 g/mol.